The summed E-state index contributed by atoms with van der Waals surface area (Å²) in [6, 6.07) is 49.9. The third-order valence-electron chi connectivity index (χ3n) is 26.7. The first-order chi connectivity index (χ1) is 62.7. The van der Waals surface area contributed by atoms with Crippen molar-refractivity contribution in [1.29, 1.82) is 0 Å². The van der Waals surface area contributed by atoms with Gasteiger partial charge >= 0.3 is 15.5 Å². The molecule has 0 fully saturated rings. The number of hydrogen-bond acceptors (Lipinski definition) is 23. The van der Waals surface area contributed by atoms with Crippen molar-refractivity contribution in [3.8, 4) is 79.6 Å². The van der Waals surface area contributed by atoms with Crippen LogP contribution in [0.2, 0.25) is 0 Å². The van der Waals surface area contributed by atoms with Gasteiger partial charge in [-0.05, 0) is 95.2 Å². The molecule has 22 rings (SSSR count). The highest BCUT2D eigenvalue weighted by molar-refractivity contribution is 7.52. The summed E-state index contributed by atoms with van der Waals surface area (Å²) in [6.45, 7) is 14.7. The lowest BCUT2D eigenvalue weighted by molar-refractivity contribution is -0.143. The van der Waals surface area contributed by atoms with E-state index >= 15 is 4.57 Å². The van der Waals surface area contributed by atoms with E-state index in [-0.39, 0.29) is 98.6 Å². The summed E-state index contributed by atoms with van der Waals surface area (Å²) in [5, 5.41) is 50.1. The van der Waals surface area contributed by atoms with Gasteiger partial charge < -0.3 is 84.1 Å². The number of nitrogens with one attached hydrogen (secondary N) is 6. The number of carbonyl (C=O) groups excluding carboxylic acids is 4. The van der Waals surface area contributed by atoms with Crippen LogP contribution >= 0.6 is 15.5 Å². The van der Waals surface area contributed by atoms with E-state index in [4.69, 9.17) is 61.2 Å². The van der Waals surface area contributed by atoms with Crippen LogP contribution in [-0.2, 0) is 74.2 Å². The summed E-state index contributed by atoms with van der Waals surface area (Å²) in [5.74, 6) is 0.384. The van der Waals surface area contributed by atoms with Crippen molar-refractivity contribution in [3.05, 3.63) is 262 Å². The summed E-state index contributed by atoms with van der Waals surface area (Å²) < 4.78 is 85.2. The van der Waals surface area contributed by atoms with E-state index < -0.39 is 97.8 Å². The van der Waals surface area contributed by atoms with Crippen LogP contribution < -0.4 is 41.4 Å². The quantitative estimate of drug-likeness (QED) is 0.0355. The van der Waals surface area contributed by atoms with Crippen molar-refractivity contribution in [1.82, 2.24) is 49.9 Å². The van der Waals surface area contributed by atoms with Crippen molar-refractivity contribution < 1.29 is 89.6 Å². The smallest absolute Gasteiger partial charge is 0.440 e. The molecule has 33 heteroatoms. The van der Waals surface area contributed by atoms with E-state index in [2.05, 4.69) is 38.0 Å². The molecule has 8 aliphatic rings. The lowest BCUT2D eigenvalue weighted by Gasteiger charge is -2.30. The van der Waals surface area contributed by atoms with E-state index in [1.54, 1.807) is 56.6 Å². The fourth-order valence-electron chi connectivity index (χ4n) is 19.6. The molecule has 14 aromatic rings. The van der Waals surface area contributed by atoms with Gasteiger partial charge in [-0.2, -0.15) is 0 Å². The molecule has 0 saturated carbocycles. The molecular formula is C97H94N12O19P2. The normalized spacial score (nSPS) is 20.2. The van der Waals surface area contributed by atoms with Crippen LogP contribution in [0.1, 0.15) is 161 Å². The van der Waals surface area contributed by atoms with Gasteiger partial charge in [-0.15, -0.1) is 0 Å². The molecule has 20 bridgehead atoms. The minimum absolute atomic E-state index is 0.0162. The zero-order valence-corrected chi connectivity index (χ0v) is 74.1. The molecule has 4 amide bonds. The lowest BCUT2D eigenvalue weighted by Crippen LogP contribution is -2.55. The SMILES string of the molecule is CCC(O)(CC)C(=O)N[C@H]1Cc2ccc3c(c2)[C@]24c5cccc(c5NC2O3)-c2cccc3c2c(cn3P(=O)(O)O)-c2cnc(o2)-c2nc(oc24)[C@H](C(C)C)NC1=O.CCC(O)(CC)C(=O)N[C@H]1Cc2ccc3c(c2)[C@]24c5cccc(c5NC2O3)-c2cccc3c2c(cn3P(=O)(OCc2ccccc2)OCc2ccccc2)-c2cnc(o2)-c2nc(oc24)[C@H](C(C)C)NC1=O.CO. The average Bonchev–Trinajstić information content (AvgIpc) is 1.51. The Bertz CT molecular complexity index is 6970. The molecule has 2 unspecified atom stereocenters. The number of anilines is 2. The number of fused-ring (bicyclic) bond motifs is 14. The van der Waals surface area contributed by atoms with Gasteiger partial charge in [0.2, 0.25) is 35.4 Å². The highest BCUT2D eigenvalue weighted by Crippen LogP contribution is 2.66. The predicted molar refractivity (Wildman–Crippen MR) is 480 cm³/mol. The van der Waals surface area contributed by atoms with Crippen LogP contribution in [0.5, 0.6) is 11.5 Å². The monoisotopic (exact) mass is 1790 g/mol. The second-order valence-electron chi connectivity index (χ2n) is 34.6. The number of amides is 4. The van der Waals surface area contributed by atoms with E-state index in [0.717, 1.165) is 84.0 Å². The van der Waals surface area contributed by atoms with Crippen molar-refractivity contribution in [3.63, 3.8) is 0 Å². The Hall–Kier alpha value is -13.1. The summed E-state index contributed by atoms with van der Waals surface area (Å²) >= 11 is 0. The molecule has 31 nitrogen and oxygen atoms in total. The van der Waals surface area contributed by atoms with Crippen molar-refractivity contribution in [2.75, 3.05) is 17.7 Å². The van der Waals surface area contributed by atoms with Gasteiger partial charge in [0.25, 0.3) is 11.8 Å². The first-order valence-electron chi connectivity index (χ1n) is 43.5. The number of benzene rings is 8. The number of carbonyl (C=O) groups is 4. The van der Waals surface area contributed by atoms with Crippen molar-refractivity contribution in [2.24, 2.45) is 11.8 Å². The van der Waals surface area contributed by atoms with Crippen LogP contribution in [0.4, 0.5) is 11.4 Å². The minimum Gasteiger partial charge on any atom is -0.469 e. The molecule has 8 aromatic carbocycles. The maximum Gasteiger partial charge on any atom is 0.440 e. The Morgan fingerprint density at radius 1 is 0.508 bits per heavy atom. The van der Waals surface area contributed by atoms with Crippen LogP contribution in [0.25, 0.3) is 89.9 Å². The standard InChI is InChI=1S/C55H51N6O9P.C41H39N6O9P.CH4O/c1-5-54(64,6-2)52(63)57-40-26-34-23-24-42-39(25-34)55-38-21-13-20-36(46(38)60-53(55)69-42)35-19-14-22-41-44(35)37(43-27-56-50(68-43)47-48(55)70-51(59-47)45(31(3)4)58-49(40)62)28-61(41)71(65,66-29-32-15-9-7-10-16-32)67-30-33-17-11-8-12-18-33;1-5-40(50,6-2)38(49)43-26-16-20-13-14-28-25(15-20)41-24-11-7-10-22(32(24)46-39(41)55-28)21-9-8-12-27-30(21)23(18-47(27)57(51,52)53)29-17-42-36(54-29)33-34(41)56-37(45-33)31(19(3)4)44-35(26)48;1-2/h7-25,27-28,31,40,45,53,60,64H,5-6,26,29-30H2,1-4H3,(H,57,63)(H,58,62);7-15,17-19,26,31,39,46,50H,5-6,16H2,1-4H3,(H,43,49)(H,44,48)(H2,51,52,53);2H,1H3/t40-,45-,53?,55-;26-,31-,39?,41-;/m00./s1. The molecular weight excluding hydrogens is 1700 g/mol. The maximum atomic E-state index is 15.7. The highest BCUT2D eigenvalue weighted by atomic mass is 31.2. The van der Waals surface area contributed by atoms with E-state index in [1.807, 2.05) is 179 Å². The van der Waals surface area contributed by atoms with Gasteiger partial charge in [-0.1, -0.05) is 201 Å². The average molecular weight is 1790 g/mol. The fourth-order valence-corrected chi connectivity index (χ4v) is 22.0. The van der Waals surface area contributed by atoms with Crippen LogP contribution in [0.3, 0.4) is 0 Å². The highest BCUT2D eigenvalue weighted by Gasteiger charge is 2.64. The van der Waals surface area contributed by atoms with E-state index in [0.29, 0.717) is 73.0 Å². The number of aliphatic hydroxyl groups excluding tert-OH is 1. The summed E-state index contributed by atoms with van der Waals surface area (Å²) in [7, 11) is -8.02. The first-order valence-corrected chi connectivity index (χ1v) is 46.6. The van der Waals surface area contributed by atoms with E-state index in [1.165, 1.54) is 12.4 Å². The summed E-state index contributed by atoms with van der Waals surface area (Å²) in [5.41, 5.74) is 7.44. The van der Waals surface area contributed by atoms with Crippen molar-refractivity contribution >= 4 is 72.3 Å². The molecule has 11 N–H and O–H groups in total. The summed E-state index contributed by atoms with van der Waals surface area (Å²) in [4.78, 5) is 97.0. The number of oxazole rings is 4. The second-order valence-corrected chi connectivity index (χ2v) is 38.0. The van der Waals surface area contributed by atoms with Crippen molar-refractivity contribution in [2.45, 2.75) is 166 Å². The third kappa shape index (κ3) is 13.3. The number of ether oxygens (including phenoxy) is 2. The third-order valence-corrected chi connectivity index (χ3v) is 29.3. The molecule has 8 aliphatic heterocycles. The summed E-state index contributed by atoms with van der Waals surface area (Å²) in [6.07, 6.45) is 5.60. The number of hydrogen-bond donors (Lipinski definition) is 11. The molecule has 2 spiro atoms. The zero-order chi connectivity index (χ0) is 90.6. The predicted octanol–water partition coefficient (Wildman–Crippen LogP) is 15.6. The van der Waals surface area contributed by atoms with Crippen LogP contribution in [-0.4, -0.2) is 120 Å². The van der Waals surface area contributed by atoms with Gasteiger partial charge in [-0.3, -0.25) is 36.9 Å². The Kier molecular flexibility index (Phi) is 20.9. The minimum atomic E-state index is -4.82. The Labute approximate surface area is 745 Å². The molecule has 8 atom stereocenters. The van der Waals surface area contributed by atoms with Gasteiger partial charge in [-0.25, -0.2) is 29.1 Å². The number of aliphatic hydroxyl groups is 3. The number of rotatable bonds is 18. The number of aromatic nitrogens is 6. The number of nitrogens with zero attached hydrogens (tertiary/aromatic N) is 6. The van der Waals surface area contributed by atoms with E-state index in [9.17, 15) is 43.7 Å². The molecule has 0 aliphatic carbocycles. The molecule has 130 heavy (non-hydrogen) atoms. The maximum absolute atomic E-state index is 15.7. The van der Waals surface area contributed by atoms with Crippen LogP contribution in [0, 0.1) is 11.8 Å². The Morgan fingerprint density at radius 2 is 0.908 bits per heavy atom. The lowest BCUT2D eigenvalue weighted by atomic mass is 9.72. The first kappa shape index (κ1) is 85.1. The number of para-hydroxylation sites is 2. The Morgan fingerprint density at radius 3 is 1.32 bits per heavy atom. The van der Waals surface area contributed by atoms with Gasteiger partial charge in [0.1, 0.15) is 57.7 Å². The molecule has 666 valence electrons. The topological polar surface area (TPSA) is 427 Å². The van der Waals surface area contributed by atoms with Gasteiger partial charge in [0.05, 0.1) is 36.6 Å². The molecule has 6 aromatic heterocycles. The Balaban J connectivity index is 0.000000163. The molecule has 0 saturated heterocycles. The second kappa shape index (κ2) is 32.0. The largest absolute Gasteiger partial charge is 0.469 e. The molecule has 0 radical (unpaired) electrons. The van der Waals surface area contributed by atoms with Gasteiger partial charge in [0, 0.05) is 99.0 Å². The fraction of sp³-hybridized carbons (Fsp3) is 0.299. The van der Waals surface area contributed by atoms with Gasteiger partial charge in [0.15, 0.2) is 46.9 Å². The molecule has 14 heterocycles. The van der Waals surface area contributed by atoms with Crippen LogP contribution in [0.15, 0.2) is 212 Å². The zero-order valence-electron chi connectivity index (χ0n) is 72.3.